The van der Waals surface area contributed by atoms with Gasteiger partial charge in [0.1, 0.15) is 12.2 Å². The van der Waals surface area contributed by atoms with Crippen molar-refractivity contribution in [3.05, 3.63) is 88.3 Å². The van der Waals surface area contributed by atoms with Crippen LogP contribution in [-0.4, -0.2) is 23.2 Å². The number of carbonyl (C=O) groups is 1. The van der Waals surface area contributed by atoms with Crippen LogP contribution < -0.4 is 20.7 Å². The van der Waals surface area contributed by atoms with Crippen LogP contribution in [0.1, 0.15) is 27.3 Å². The standard InChI is InChI=1S/C24H23ClN3O4P/c1-15-10-16(2)12-19(11-15)33(31,32-3)23-20-13-17(25)7-8-21(20)27-22(23)24(29)26-14-18-6-4-5-9-28(18)30/h4-13H,14H2,1-3H3,(H2-,26,27,29,30,31)/p+1. The van der Waals surface area contributed by atoms with Crippen LogP contribution in [0.2, 0.25) is 5.02 Å². The van der Waals surface area contributed by atoms with Gasteiger partial charge in [-0.3, -0.25) is 14.6 Å². The second-order valence-electron chi connectivity index (χ2n) is 7.84. The summed E-state index contributed by atoms with van der Waals surface area (Å²) in [7, 11) is -2.30. The molecular weight excluding hydrogens is 461 g/mol. The largest absolute Gasteiger partial charge is 0.350 e. The molecule has 2 heterocycles. The van der Waals surface area contributed by atoms with Crippen molar-refractivity contribution in [2.24, 2.45) is 0 Å². The van der Waals surface area contributed by atoms with E-state index in [9.17, 15) is 14.6 Å². The molecule has 9 heteroatoms. The van der Waals surface area contributed by atoms with Crippen molar-refractivity contribution in [2.75, 3.05) is 7.11 Å². The maximum Gasteiger partial charge on any atom is 0.269 e. The van der Waals surface area contributed by atoms with Gasteiger partial charge in [-0.25, -0.2) is 0 Å². The third-order valence-corrected chi connectivity index (χ3v) is 8.15. The number of aryl methyl sites for hydroxylation is 2. The van der Waals surface area contributed by atoms with Crippen LogP contribution in [0.5, 0.6) is 0 Å². The molecule has 0 spiro atoms. The van der Waals surface area contributed by atoms with Crippen LogP contribution in [-0.2, 0) is 15.6 Å². The molecule has 0 aliphatic heterocycles. The number of H-pyrrole nitrogens is 1. The molecule has 4 aromatic rings. The van der Waals surface area contributed by atoms with Crippen LogP contribution >= 0.6 is 19.0 Å². The first-order valence-electron chi connectivity index (χ1n) is 10.3. The van der Waals surface area contributed by atoms with Gasteiger partial charge in [-0.2, -0.15) is 0 Å². The van der Waals surface area contributed by atoms with Gasteiger partial charge in [-0.05, 0) is 50.2 Å². The molecule has 1 atom stereocenters. The Morgan fingerprint density at radius 1 is 1.15 bits per heavy atom. The lowest BCUT2D eigenvalue weighted by molar-refractivity contribution is -0.909. The number of halogens is 1. The normalized spacial score (nSPS) is 13.1. The van der Waals surface area contributed by atoms with Crippen LogP contribution in [0.25, 0.3) is 10.9 Å². The van der Waals surface area contributed by atoms with Gasteiger partial charge in [0.2, 0.25) is 6.20 Å². The van der Waals surface area contributed by atoms with Crippen LogP contribution in [0.3, 0.4) is 0 Å². The molecule has 7 nitrogen and oxygen atoms in total. The number of carbonyl (C=O) groups excluding carboxylic acids is 1. The zero-order valence-electron chi connectivity index (χ0n) is 18.4. The Balaban J connectivity index is 1.86. The fourth-order valence-electron chi connectivity index (χ4n) is 3.94. The Morgan fingerprint density at radius 2 is 1.88 bits per heavy atom. The van der Waals surface area contributed by atoms with Crippen molar-refractivity contribution >= 4 is 46.4 Å². The van der Waals surface area contributed by atoms with Gasteiger partial charge in [0.05, 0.1) is 5.30 Å². The molecule has 0 saturated heterocycles. The van der Waals surface area contributed by atoms with Gasteiger partial charge in [-0.1, -0.05) is 28.8 Å². The SMILES string of the molecule is COP(=O)(c1cc(C)cc(C)c1)c1c(C(=O)NCc2cccc[n+]2O)[nH]c2ccc(Cl)cc12. The maximum absolute atomic E-state index is 14.4. The quantitative estimate of drug-likeness (QED) is 0.220. The highest BCUT2D eigenvalue weighted by Gasteiger charge is 2.36. The zero-order valence-corrected chi connectivity index (χ0v) is 20.1. The average Bonchev–Trinajstić information content (AvgIpc) is 3.16. The third kappa shape index (κ3) is 4.40. The monoisotopic (exact) mass is 484 g/mol. The summed E-state index contributed by atoms with van der Waals surface area (Å²) >= 11 is 6.25. The molecule has 33 heavy (non-hydrogen) atoms. The van der Waals surface area contributed by atoms with Gasteiger partial charge in [0, 0.05) is 45.2 Å². The summed E-state index contributed by atoms with van der Waals surface area (Å²) in [5, 5.41) is 14.5. The molecule has 4 rings (SSSR count). The molecule has 2 aromatic carbocycles. The molecule has 2 aromatic heterocycles. The fourth-order valence-corrected chi connectivity index (χ4v) is 6.46. The fraction of sp³-hybridized carbons (Fsp3) is 0.167. The van der Waals surface area contributed by atoms with E-state index in [4.69, 9.17) is 16.1 Å². The van der Waals surface area contributed by atoms with Crippen molar-refractivity contribution in [3.8, 4) is 0 Å². The number of pyridine rings is 1. The number of hydrogen-bond donors (Lipinski definition) is 3. The van der Waals surface area contributed by atoms with Gasteiger partial charge in [0.15, 0.2) is 0 Å². The molecule has 0 fully saturated rings. The number of rotatable bonds is 6. The van der Waals surface area contributed by atoms with E-state index < -0.39 is 13.3 Å². The number of aromatic amines is 1. The highest BCUT2D eigenvalue weighted by atomic mass is 35.5. The Morgan fingerprint density at radius 3 is 2.55 bits per heavy atom. The number of nitrogens with zero attached hydrogens (tertiary/aromatic N) is 1. The molecule has 3 N–H and O–H groups in total. The van der Waals surface area contributed by atoms with Crippen LogP contribution in [0.15, 0.2) is 60.8 Å². The highest BCUT2D eigenvalue weighted by molar-refractivity contribution is 7.75. The van der Waals surface area contributed by atoms with E-state index in [1.165, 1.54) is 13.3 Å². The van der Waals surface area contributed by atoms with Crippen LogP contribution in [0.4, 0.5) is 0 Å². The van der Waals surface area contributed by atoms with Crippen molar-refractivity contribution in [3.63, 3.8) is 0 Å². The molecule has 0 aliphatic rings. The highest BCUT2D eigenvalue weighted by Crippen LogP contribution is 2.47. The lowest BCUT2D eigenvalue weighted by atomic mass is 10.2. The summed E-state index contributed by atoms with van der Waals surface area (Å²) in [5.41, 5.74) is 3.08. The summed E-state index contributed by atoms with van der Waals surface area (Å²) in [6.45, 7) is 3.90. The van der Waals surface area contributed by atoms with Gasteiger partial charge in [0.25, 0.3) is 19.0 Å². The van der Waals surface area contributed by atoms with E-state index in [0.29, 0.717) is 26.9 Å². The minimum Gasteiger partial charge on any atom is -0.350 e. The maximum atomic E-state index is 14.4. The van der Waals surface area contributed by atoms with Crippen molar-refractivity contribution in [1.29, 1.82) is 0 Å². The summed E-state index contributed by atoms with van der Waals surface area (Å²) in [5.74, 6) is -0.483. The molecule has 0 radical (unpaired) electrons. The molecule has 1 unspecified atom stereocenters. The molecule has 1 amide bonds. The summed E-state index contributed by atoms with van der Waals surface area (Å²) < 4.78 is 21.0. The number of hydrogen-bond acceptors (Lipinski definition) is 4. The first-order chi connectivity index (χ1) is 15.7. The topological polar surface area (TPSA) is 95.3 Å². The molecule has 170 valence electrons. The Labute approximate surface area is 196 Å². The number of benzene rings is 2. The Bertz CT molecular complexity index is 1400. The summed E-state index contributed by atoms with van der Waals surface area (Å²) in [4.78, 5) is 16.4. The summed E-state index contributed by atoms with van der Waals surface area (Å²) in [6, 6.07) is 15.8. The molecule has 0 saturated carbocycles. The van der Waals surface area contributed by atoms with E-state index in [2.05, 4.69) is 10.3 Å². The second-order valence-corrected chi connectivity index (χ2v) is 10.7. The minimum absolute atomic E-state index is 0.0621. The number of nitrogens with one attached hydrogen (secondary N) is 2. The second kappa shape index (κ2) is 9.02. The molecule has 0 bridgehead atoms. The lowest BCUT2D eigenvalue weighted by Crippen LogP contribution is -2.39. The van der Waals surface area contributed by atoms with E-state index in [-0.39, 0.29) is 17.5 Å². The van der Waals surface area contributed by atoms with Crippen molar-refractivity contribution in [2.45, 2.75) is 20.4 Å². The zero-order chi connectivity index (χ0) is 23.8. The Kier molecular flexibility index (Phi) is 6.30. The molecular formula is C24H24ClN3O4P+. The number of aromatic nitrogens is 2. The first-order valence-corrected chi connectivity index (χ1v) is 12.3. The van der Waals surface area contributed by atoms with Gasteiger partial charge in [-0.15, -0.1) is 0 Å². The van der Waals surface area contributed by atoms with E-state index in [1.807, 2.05) is 19.9 Å². The van der Waals surface area contributed by atoms with Crippen molar-refractivity contribution < 1.29 is 23.8 Å². The predicted octanol–water partition coefficient (Wildman–Crippen LogP) is 3.77. The molecule has 0 aliphatic carbocycles. The number of amides is 1. The van der Waals surface area contributed by atoms with Crippen molar-refractivity contribution in [1.82, 2.24) is 10.3 Å². The average molecular weight is 485 g/mol. The smallest absolute Gasteiger partial charge is 0.269 e. The van der Waals surface area contributed by atoms with E-state index >= 15 is 0 Å². The van der Waals surface area contributed by atoms with Gasteiger partial charge < -0.3 is 14.8 Å². The first kappa shape index (κ1) is 23.1. The lowest BCUT2D eigenvalue weighted by Gasteiger charge is -2.19. The Hall–Kier alpha value is -3.12. The van der Waals surface area contributed by atoms with E-state index in [0.717, 1.165) is 15.9 Å². The van der Waals surface area contributed by atoms with Gasteiger partial charge >= 0.3 is 0 Å². The van der Waals surface area contributed by atoms with Crippen LogP contribution in [0, 0.1) is 13.8 Å². The minimum atomic E-state index is -3.68. The summed E-state index contributed by atoms with van der Waals surface area (Å²) in [6.07, 6.45) is 1.47. The number of fused-ring (bicyclic) bond motifs is 1. The predicted molar refractivity (Wildman–Crippen MR) is 128 cm³/mol. The van der Waals surface area contributed by atoms with E-state index in [1.54, 1.807) is 48.5 Å². The third-order valence-electron chi connectivity index (χ3n) is 5.41.